The average molecular weight is 340 g/mol. The van der Waals surface area contributed by atoms with Gasteiger partial charge in [-0.15, -0.1) is 0 Å². The van der Waals surface area contributed by atoms with E-state index in [0.717, 1.165) is 19.2 Å². The van der Waals surface area contributed by atoms with Gasteiger partial charge in [0.1, 0.15) is 4.90 Å². The Hall–Kier alpha value is -1.38. The normalized spacial score (nSPS) is 11.2. The number of hydrogen-bond donors (Lipinski definition) is 1. The van der Waals surface area contributed by atoms with Crippen molar-refractivity contribution >= 4 is 25.6 Å². The molecule has 118 valence electrons. The van der Waals surface area contributed by atoms with E-state index in [4.69, 9.17) is 15.4 Å². The van der Waals surface area contributed by atoms with Crippen LogP contribution in [0, 0.1) is 5.82 Å². The van der Waals surface area contributed by atoms with Crippen molar-refractivity contribution in [1.82, 2.24) is 5.32 Å². The van der Waals surface area contributed by atoms with Crippen molar-refractivity contribution < 1.29 is 27.1 Å². The van der Waals surface area contributed by atoms with Crippen molar-refractivity contribution in [3.05, 3.63) is 23.5 Å². The summed E-state index contributed by atoms with van der Waals surface area (Å²) in [4.78, 5) is 11.2. The third-order valence-corrected chi connectivity index (χ3v) is 3.80. The lowest BCUT2D eigenvalue weighted by Gasteiger charge is -2.10. The number of carbonyl (C=O) groups is 1. The third-order valence-electron chi connectivity index (χ3n) is 2.47. The van der Waals surface area contributed by atoms with Crippen LogP contribution in [-0.2, 0) is 13.8 Å². The van der Waals surface area contributed by atoms with Crippen molar-refractivity contribution in [3.8, 4) is 5.75 Å². The second-order valence-electron chi connectivity index (χ2n) is 3.88. The number of rotatable bonds is 7. The lowest BCUT2D eigenvalue weighted by Crippen LogP contribution is -2.27. The van der Waals surface area contributed by atoms with Gasteiger partial charge in [0.05, 0.1) is 13.7 Å². The van der Waals surface area contributed by atoms with Gasteiger partial charge in [-0.1, -0.05) is 0 Å². The molecule has 9 heteroatoms. The van der Waals surface area contributed by atoms with Crippen LogP contribution < -0.4 is 10.1 Å². The highest BCUT2D eigenvalue weighted by molar-refractivity contribution is 8.13. The van der Waals surface area contributed by atoms with Crippen molar-refractivity contribution in [3.63, 3.8) is 0 Å². The van der Waals surface area contributed by atoms with Crippen molar-refractivity contribution in [2.24, 2.45) is 0 Å². The second kappa shape index (κ2) is 7.58. The summed E-state index contributed by atoms with van der Waals surface area (Å²) < 4.78 is 46.3. The van der Waals surface area contributed by atoms with Gasteiger partial charge in [-0.05, 0) is 19.1 Å². The number of ether oxygens (including phenoxy) is 2. The topological polar surface area (TPSA) is 81.7 Å². The van der Waals surface area contributed by atoms with Crippen molar-refractivity contribution in [1.29, 1.82) is 0 Å². The summed E-state index contributed by atoms with van der Waals surface area (Å²) in [7, 11) is 2.06. The van der Waals surface area contributed by atoms with E-state index in [0.29, 0.717) is 13.2 Å². The first-order valence-corrected chi connectivity index (χ1v) is 8.30. The number of hydrogen-bond acceptors (Lipinski definition) is 5. The molecular formula is C12H15ClFNO5S. The Kier molecular flexibility index (Phi) is 6.38. The van der Waals surface area contributed by atoms with E-state index in [1.165, 1.54) is 0 Å². The molecule has 0 fully saturated rings. The molecule has 0 aromatic heterocycles. The molecule has 0 aliphatic carbocycles. The molecule has 1 amide bonds. The van der Waals surface area contributed by atoms with Gasteiger partial charge in [-0.3, -0.25) is 4.79 Å². The quantitative estimate of drug-likeness (QED) is 0.602. The summed E-state index contributed by atoms with van der Waals surface area (Å²) in [5, 5.41) is 2.47. The van der Waals surface area contributed by atoms with Crippen LogP contribution in [0.5, 0.6) is 5.75 Å². The molecule has 1 aromatic rings. The first-order chi connectivity index (χ1) is 9.81. The summed E-state index contributed by atoms with van der Waals surface area (Å²) in [6.07, 6.45) is 0. The molecule has 21 heavy (non-hydrogen) atoms. The van der Waals surface area contributed by atoms with Crippen LogP contribution in [0.3, 0.4) is 0 Å². The third kappa shape index (κ3) is 4.83. The van der Waals surface area contributed by atoms with E-state index >= 15 is 0 Å². The number of nitrogens with one attached hydrogen (secondary N) is 1. The first-order valence-electron chi connectivity index (χ1n) is 5.99. The summed E-state index contributed by atoms with van der Waals surface area (Å²) in [6.45, 7) is 2.81. The standard InChI is InChI=1S/C12H15ClFNO5S/c1-3-20-5-4-15-12(16)8-6-9(14)11(19-2)10(7-8)21(13,17)18/h6-7H,3-5H2,1-2H3,(H,15,16). The Morgan fingerprint density at radius 1 is 1.43 bits per heavy atom. The van der Waals surface area contributed by atoms with E-state index in [1.54, 1.807) is 6.92 Å². The van der Waals surface area contributed by atoms with Gasteiger partial charge in [0.15, 0.2) is 11.6 Å². The van der Waals surface area contributed by atoms with Gasteiger partial charge in [0.25, 0.3) is 15.0 Å². The molecule has 1 N–H and O–H groups in total. The number of benzene rings is 1. The molecule has 6 nitrogen and oxygen atoms in total. The molecular weight excluding hydrogens is 325 g/mol. The SMILES string of the molecule is CCOCCNC(=O)c1cc(F)c(OC)c(S(=O)(=O)Cl)c1. The van der Waals surface area contributed by atoms with Gasteiger partial charge in [0, 0.05) is 29.4 Å². The van der Waals surface area contributed by atoms with Gasteiger partial charge >= 0.3 is 0 Å². The highest BCUT2D eigenvalue weighted by Gasteiger charge is 2.23. The molecule has 0 aliphatic heterocycles. The molecule has 0 aliphatic rings. The fraction of sp³-hybridized carbons (Fsp3) is 0.417. The molecule has 1 aromatic carbocycles. The molecule has 0 unspecified atom stereocenters. The monoisotopic (exact) mass is 339 g/mol. The smallest absolute Gasteiger partial charge is 0.265 e. The van der Waals surface area contributed by atoms with Crippen LogP contribution >= 0.6 is 10.7 Å². The van der Waals surface area contributed by atoms with Crippen LogP contribution in [0.2, 0.25) is 0 Å². The van der Waals surface area contributed by atoms with Gasteiger partial charge in [-0.2, -0.15) is 0 Å². The maximum atomic E-state index is 13.8. The predicted molar refractivity (Wildman–Crippen MR) is 74.8 cm³/mol. The highest BCUT2D eigenvalue weighted by Crippen LogP contribution is 2.30. The predicted octanol–water partition coefficient (Wildman–Crippen LogP) is 1.53. The Morgan fingerprint density at radius 2 is 2.10 bits per heavy atom. The zero-order chi connectivity index (χ0) is 16.0. The molecule has 0 atom stereocenters. The maximum absolute atomic E-state index is 13.8. The Labute approximate surface area is 126 Å². The largest absolute Gasteiger partial charge is 0.492 e. The Bertz CT molecular complexity index is 620. The molecule has 0 saturated heterocycles. The molecule has 1 rings (SSSR count). The molecule has 0 spiro atoms. The minimum Gasteiger partial charge on any atom is -0.492 e. The van der Waals surface area contributed by atoms with E-state index in [9.17, 15) is 17.6 Å². The summed E-state index contributed by atoms with van der Waals surface area (Å²) in [5.74, 6) is -2.16. The first kappa shape index (κ1) is 17.7. The van der Waals surface area contributed by atoms with Crippen molar-refractivity contribution in [2.45, 2.75) is 11.8 Å². The zero-order valence-corrected chi connectivity index (χ0v) is 13.1. The molecule has 0 saturated carbocycles. The maximum Gasteiger partial charge on any atom is 0.265 e. The van der Waals surface area contributed by atoms with Crippen molar-refractivity contribution in [2.75, 3.05) is 26.9 Å². The van der Waals surface area contributed by atoms with Gasteiger partial charge in [0.2, 0.25) is 0 Å². The number of halogens is 2. The van der Waals surface area contributed by atoms with E-state index in [1.807, 2.05) is 0 Å². The van der Waals surface area contributed by atoms with E-state index in [2.05, 4.69) is 10.1 Å². The Morgan fingerprint density at radius 3 is 2.62 bits per heavy atom. The minimum absolute atomic E-state index is 0.177. The molecule has 0 radical (unpaired) electrons. The van der Waals surface area contributed by atoms with E-state index < -0.39 is 31.4 Å². The zero-order valence-electron chi connectivity index (χ0n) is 11.5. The van der Waals surface area contributed by atoms with Gasteiger partial charge < -0.3 is 14.8 Å². The fourth-order valence-corrected chi connectivity index (χ4v) is 2.58. The van der Waals surface area contributed by atoms with Crippen LogP contribution in [0.25, 0.3) is 0 Å². The lowest BCUT2D eigenvalue weighted by molar-refractivity contribution is 0.0922. The number of methoxy groups -OCH3 is 1. The average Bonchev–Trinajstić information content (AvgIpc) is 2.41. The van der Waals surface area contributed by atoms with Gasteiger partial charge in [-0.25, -0.2) is 12.8 Å². The van der Waals surface area contributed by atoms with Crippen LogP contribution in [0.4, 0.5) is 4.39 Å². The van der Waals surface area contributed by atoms with Crippen LogP contribution in [0.15, 0.2) is 17.0 Å². The summed E-state index contributed by atoms with van der Waals surface area (Å²) in [5.41, 5.74) is -0.177. The second-order valence-corrected chi connectivity index (χ2v) is 6.41. The number of amides is 1. The highest BCUT2D eigenvalue weighted by atomic mass is 35.7. The van der Waals surface area contributed by atoms with Crippen LogP contribution in [-0.4, -0.2) is 41.2 Å². The Balaban J connectivity index is 3.04. The summed E-state index contributed by atoms with van der Waals surface area (Å²) >= 11 is 0. The number of carbonyl (C=O) groups excluding carboxylic acids is 1. The van der Waals surface area contributed by atoms with E-state index in [-0.39, 0.29) is 12.1 Å². The fourth-order valence-electron chi connectivity index (χ4n) is 1.56. The summed E-state index contributed by atoms with van der Waals surface area (Å²) in [6, 6.07) is 1.83. The molecule has 0 bridgehead atoms. The lowest BCUT2D eigenvalue weighted by atomic mass is 10.2. The minimum atomic E-state index is -4.25. The molecule has 0 heterocycles. The van der Waals surface area contributed by atoms with Crippen LogP contribution in [0.1, 0.15) is 17.3 Å².